The van der Waals surface area contributed by atoms with E-state index in [1.165, 1.54) is 44.4 Å². The van der Waals surface area contributed by atoms with Crippen molar-refractivity contribution in [3.05, 3.63) is 86.9 Å². The average molecular weight is 562 g/mol. The van der Waals surface area contributed by atoms with Crippen LogP contribution < -0.4 is 19.1 Å². The molecule has 1 N–H and O–H groups in total. The first-order valence-corrected chi connectivity index (χ1v) is 13.4. The zero-order chi connectivity index (χ0) is 27.9. The highest BCUT2D eigenvalue weighted by atomic mass is 35.5. The number of aryl methyl sites for hydroxylation is 2. The summed E-state index contributed by atoms with van der Waals surface area (Å²) < 4.78 is 39.0. The Kier molecular flexibility index (Phi) is 9.54. The van der Waals surface area contributed by atoms with Crippen LogP contribution in [0.1, 0.15) is 17.5 Å². The first-order valence-electron chi connectivity index (χ1n) is 11.6. The monoisotopic (exact) mass is 561 g/mol. The van der Waals surface area contributed by atoms with Crippen molar-refractivity contribution in [2.75, 3.05) is 31.6 Å². The summed E-state index contributed by atoms with van der Waals surface area (Å²) in [6.45, 7) is 1.19. The van der Waals surface area contributed by atoms with Crippen molar-refractivity contribution in [1.29, 1.82) is 0 Å². The Hall–Kier alpha value is -3.83. The van der Waals surface area contributed by atoms with Gasteiger partial charge in [0, 0.05) is 23.2 Å². The normalized spacial score (nSPS) is 11.1. The molecule has 3 aromatic carbocycles. The Bertz CT molecular complexity index is 1430. The highest BCUT2D eigenvalue weighted by Crippen LogP contribution is 2.35. The molecule has 0 unspecified atom stereocenters. The number of amides is 1. The van der Waals surface area contributed by atoms with Crippen molar-refractivity contribution in [2.45, 2.75) is 24.7 Å². The lowest BCUT2D eigenvalue weighted by atomic mass is 10.1. The fourth-order valence-corrected chi connectivity index (χ4v) is 5.44. The second-order valence-corrected chi connectivity index (χ2v) is 10.6. The Morgan fingerprint density at radius 1 is 1.05 bits per heavy atom. The molecule has 12 heteroatoms. The van der Waals surface area contributed by atoms with Gasteiger partial charge in [-0.25, -0.2) is 8.42 Å². The van der Waals surface area contributed by atoms with Crippen molar-refractivity contribution in [3.8, 4) is 11.5 Å². The topological polar surface area (TPSA) is 128 Å². The summed E-state index contributed by atoms with van der Waals surface area (Å²) in [5.74, 6) is 0.331. The predicted molar refractivity (Wildman–Crippen MR) is 145 cm³/mol. The number of rotatable bonds is 12. The Balaban J connectivity index is 1.87. The van der Waals surface area contributed by atoms with E-state index in [2.05, 4.69) is 5.32 Å². The van der Waals surface area contributed by atoms with E-state index in [4.69, 9.17) is 21.1 Å². The molecule has 0 fully saturated rings. The van der Waals surface area contributed by atoms with Crippen molar-refractivity contribution in [2.24, 2.45) is 0 Å². The minimum Gasteiger partial charge on any atom is -0.496 e. The molecule has 0 saturated heterocycles. The SMILES string of the molecule is COc1ccccc1CCCNC(=O)CN(c1cc(Cl)ccc1OC)S(=O)(=O)c1ccc(C)c([N+](=O)[O-])c1. The molecule has 3 rings (SSSR count). The molecule has 0 aliphatic carbocycles. The summed E-state index contributed by atoms with van der Waals surface area (Å²) in [5, 5.41) is 14.4. The standard InChI is InChI=1S/C26H28ClN3O7S/c1-18-10-12-21(16-22(18)30(32)33)38(34,35)29(23-15-20(27)11-13-25(23)37-3)17-26(31)28-14-6-8-19-7-4-5-9-24(19)36-2/h4-5,7,9-13,15-16H,6,8,14,17H2,1-3H3,(H,28,31). The number of hydrogen-bond donors (Lipinski definition) is 1. The number of nitrogens with one attached hydrogen (secondary N) is 1. The van der Waals surface area contributed by atoms with Gasteiger partial charge in [0.05, 0.1) is 29.7 Å². The maximum absolute atomic E-state index is 13.7. The van der Waals surface area contributed by atoms with Gasteiger partial charge in [0.15, 0.2) is 0 Å². The third-order valence-corrected chi connectivity index (χ3v) is 7.79. The summed E-state index contributed by atoms with van der Waals surface area (Å²) in [4.78, 5) is 23.4. The van der Waals surface area contributed by atoms with Crippen LogP contribution in [0.5, 0.6) is 11.5 Å². The maximum atomic E-state index is 13.7. The Morgan fingerprint density at radius 2 is 1.76 bits per heavy atom. The summed E-state index contributed by atoms with van der Waals surface area (Å²) in [6, 6.07) is 15.5. The minimum absolute atomic E-state index is 0.0207. The molecule has 0 bridgehead atoms. The van der Waals surface area contributed by atoms with Gasteiger partial charge >= 0.3 is 0 Å². The number of benzene rings is 3. The quantitative estimate of drug-likeness (QED) is 0.195. The summed E-state index contributed by atoms with van der Waals surface area (Å²) in [5.41, 5.74) is 0.948. The van der Waals surface area contributed by atoms with E-state index in [0.29, 0.717) is 18.4 Å². The van der Waals surface area contributed by atoms with Crippen LogP contribution in [-0.2, 0) is 21.2 Å². The largest absolute Gasteiger partial charge is 0.496 e. The molecule has 0 atom stereocenters. The second-order valence-electron chi connectivity index (χ2n) is 8.30. The third-order valence-electron chi connectivity index (χ3n) is 5.80. The van der Waals surface area contributed by atoms with E-state index < -0.39 is 27.4 Å². The number of nitro benzene ring substituents is 1. The van der Waals surface area contributed by atoms with Gasteiger partial charge in [-0.05, 0) is 55.7 Å². The average Bonchev–Trinajstić information content (AvgIpc) is 2.89. The van der Waals surface area contributed by atoms with Gasteiger partial charge < -0.3 is 14.8 Å². The molecule has 3 aromatic rings. The molecule has 0 aromatic heterocycles. The molecule has 0 aliphatic heterocycles. The van der Waals surface area contributed by atoms with Crippen molar-refractivity contribution in [3.63, 3.8) is 0 Å². The van der Waals surface area contributed by atoms with Crippen molar-refractivity contribution in [1.82, 2.24) is 5.32 Å². The Morgan fingerprint density at radius 3 is 2.45 bits per heavy atom. The number of nitro groups is 1. The number of carbonyl (C=O) groups is 1. The van der Waals surface area contributed by atoms with Gasteiger partial charge in [0.1, 0.15) is 18.0 Å². The van der Waals surface area contributed by atoms with Crippen LogP contribution in [-0.4, -0.2) is 46.6 Å². The number of sulfonamides is 1. The van der Waals surface area contributed by atoms with Crippen LogP contribution in [0.4, 0.5) is 11.4 Å². The number of hydrogen-bond acceptors (Lipinski definition) is 7. The van der Waals surface area contributed by atoms with Gasteiger partial charge in [0.2, 0.25) is 5.91 Å². The summed E-state index contributed by atoms with van der Waals surface area (Å²) >= 11 is 6.15. The summed E-state index contributed by atoms with van der Waals surface area (Å²) in [6.07, 6.45) is 1.23. The molecule has 0 spiro atoms. The molecule has 0 radical (unpaired) electrons. The molecule has 1 amide bonds. The first kappa shape index (κ1) is 28.7. The molecule has 0 aliphatic rings. The number of para-hydroxylation sites is 1. The number of ether oxygens (including phenoxy) is 2. The lowest BCUT2D eigenvalue weighted by Gasteiger charge is -2.26. The van der Waals surface area contributed by atoms with E-state index >= 15 is 0 Å². The Labute approximate surface area is 226 Å². The number of methoxy groups -OCH3 is 2. The molecule has 10 nitrogen and oxygen atoms in total. The zero-order valence-electron chi connectivity index (χ0n) is 21.1. The van der Waals surface area contributed by atoms with Gasteiger partial charge in [-0.15, -0.1) is 0 Å². The number of halogens is 1. The lowest BCUT2D eigenvalue weighted by Crippen LogP contribution is -2.41. The highest BCUT2D eigenvalue weighted by Gasteiger charge is 2.31. The van der Waals surface area contributed by atoms with Crippen LogP contribution in [0, 0.1) is 17.0 Å². The second kappa shape index (κ2) is 12.6. The van der Waals surface area contributed by atoms with E-state index in [1.54, 1.807) is 7.11 Å². The third kappa shape index (κ3) is 6.73. The molecule has 38 heavy (non-hydrogen) atoms. The lowest BCUT2D eigenvalue weighted by molar-refractivity contribution is -0.385. The van der Waals surface area contributed by atoms with Crippen molar-refractivity contribution < 1.29 is 27.6 Å². The highest BCUT2D eigenvalue weighted by molar-refractivity contribution is 7.92. The molecular weight excluding hydrogens is 534 g/mol. The first-order chi connectivity index (χ1) is 18.1. The maximum Gasteiger partial charge on any atom is 0.273 e. The molecular formula is C26H28ClN3O7S. The smallest absolute Gasteiger partial charge is 0.273 e. The number of anilines is 1. The molecule has 0 saturated carbocycles. The number of carbonyl (C=O) groups excluding carboxylic acids is 1. The van der Waals surface area contributed by atoms with Crippen LogP contribution in [0.25, 0.3) is 0 Å². The summed E-state index contributed by atoms with van der Waals surface area (Å²) in [7, 11) is -1.50. The van der Waals surface area contributed by atoms with E-state index in [0.717, 1.165) is 21.7 Å². The van der Waals surface area contributed by atoms with Crippen molar-refractivity contribution >= 4 is 38.9 Å². The van der Waals surface area contributed by atoms with Crippen LogP contribution in [0.3, 0.4) is 0 Å². The minimum atomic E-state index is -4.44. The van der Waals surface area contributed by atoms with Gasteiger partial charge in [-0.3, -0.25) is 19.2 Å². The van der Waals surface area contributed by atoms with Gasteiger partial charge in [0.25, 0.3) is 15.7 Å². The fourth-order valence-electron chi connectivity index (χ4n) is 3.83. The fraction of sp³-hybridized carbons (Fsp3) is 0.269. The molecule has 202 valence electrons. The van der Waals surface area contributed by atoms with E-state index in [1.807, 2.05) is 24.3 Å². The van der Waals surface area contributed by atoms with E-state index in [9.17, 15) is 23.3 Å². The van der Waals surface area contributed by atoms with Crippen LogP contribution in [0.2, 0.25) is 5.02 Å². The van der Waals surface area contributed by atoms with Gasteiger partial charge in [-0.2, -0.15) is 0 Å². The zero-order valence-corrected chi connectivity index (χ0v) is 22.7. The number of nitrogens with zero attached hydrogens (tertiary/aromatic N) is 2. The van der Waals surface area contributed by atoms with E-state index in [-0.39, 0.29) is 33.6 Å². The van der Waals surface area contributed by atoms with Gasteiger partial charge in [-0.1, -0.05) is 35.9 Å². The predicted octanol–water partition coefficient (Wildman–Crippen LogP) is 4.52. The van der Waals surface area contributed by atoms with Crippen LogP contribution >= 0.6 is 11.6 Å². The molecule has 0 heterocycles. The van der Waals surface area contributed by atoms with Crippen LogP contribution in [0.15, 0.2) is 65.6 Å².